The summed E-state index contributed by atoms with van der Waals surface area (Å²) in [7, 11) is 0. The Morgan fingerprint density at radius 3 is 2.40 bits per heavy atom. The Hall–Kier alpha value is -0.350. The molecule has 0 aliphatic carbocycles. The quantitative estimate of drug-likeness (QED) is 0.866. The molecule has 0 aliphatic rings. The number of benzene rings is 1. The van der Waals surface area contributed by atoms with Gasteiger partial charge in [-0.2, -0.15) is 0 Å². The van der Waals surface area contributed by atoms with E-state index in [-0.39, 0.29) is 11.8 Å². The van der Waals surface area contributed by atoms with E-state index in [2.05, 4.69) is 37.2 Å². The summed E-state index contributed by atoms with van der Waals surface area (Å²) in [6.07, 6.45) is 0. The molecule has 2 nitrogen and oxygen atoms in total. The van der Waals surface area contributed by atoms with Crippen LogP contribution < -0.4 is 5.32 Å². The number of aryl methyl sites for hydroxylation is 1. The molecule has 0 atom stereocenters. The number of halogens is 2. The fraction of sp³-hybridized carbons (Fsp3) is 0.364. The van der Waals surface area contributed by atoms with Crippen LogP contribution in [0.25, 0.3) is 0 Å². The Balaban J connectivity index is 3.00. The minimum absolute atomic E-state index is 0.0139. The van der Waals surface area contributed by atoms with Crippen LogP contribution in [-0.2, 0) is 4.79 Å². The van der Waals surface area contributed by atoms with Gasteiger partial charge in [0.25, 0.3) is 0 Å². The lowest BCUT2D eigenvalue weighted by molar-refractivity contribution is -0.118. The molecule has 0 bridgehead atoms. The Bertz CT molecular complexity index is 365. The van der Waals surface area contributed by atoms with Gasteiger partial charge >= 0.3 is 0 Å². The summed E-state index contributed by atoms with van der Waals surface area (Å²) in [6, 6.07) is 3.89. The summed E-state index contributed by atoms with van der Waals surface area (Å²) in [5, 5.41) is 2.90. The highest BCUT2D eigenvalue weighted by molar-refractivity contribution is 9.11. The van der Waals surface area contributed by atoms with Crippen molar-refractivity contribution in [1.29, 1.82) is 0 Å². The molecule has 0 spiro atoms. The molecule has 0 heterocycles. The van der Waals surface area contributed by atoms with Crippen molar-refractivity contribution >= 4 is 43.5 Å². The van der Waals surface area contributed by atoms with Crippen molar-refractivity contribution in [2.24, 2.45) is 5.92 Å². The second kappa shape index (κ2) is 5.12. The molecule has 0 fully saturated rings. The molecule has 82 valence electrons. The summed E-state index contributed by atoms with van der Waals surface area (Å²) < 4.78 is 1.89. The predicted molar refractivity (Wildman–Crippen MR) is 70.0 cm³/mol. The fourth-order valence-corrected chi connectivity index (χ4v) is 2.67. The van der Waals surface area contributed by atoms with E-state index in [1.807, 2.05) is 32.9 Å². The summed E-state index contributed by atoms with van der Waals surface area (Å²) in [5.74, 6) is 0.0149. The van der Waals surface area contributed by atoms with Crippen LogP contribution in [0.5, 0.6) is 0 Å². The zero-order valence-electron chi connectivity index (χ0n) is 8.90. The zero-order chi connectivity index (χ0) is 11.6. The number of anilines is 1. The normalized spacial score (nSPS) is 10.5. The second-order valence-electron chi connectivity index (χ2n) is 3.72. The van der Waals surface area contributed by atoms with Crippen molar-refractivity contribution in [2.45, 2.75) is 20.8 Å². The molecule has 1 rings (SSSR count). The van der Waals surface area contributed by atoms with Crippen LogP contribution in [0, 0.1) is 12.8 Å². The van der Waals surface area contributed by atoms with Crippen LogP contribution in [0.3, 0.4) is 0 Å². The monoisotopic (exact) mass is 333 g/mol. The van der Waals surface area contributed by atoms with Crippen molar-refractivity contribution in [3.05, 3.63) is 26.6 Å². The lowest BCUT2D eigenvalue weighted by Gasteiger charge is -2.12. The molecule has 0 aromatic heterocycles. The first kappa shape index (κ1) is 12.7. The van der Waals surface area contributed by atoms with Gasteiger partial charge in [0.2, 0.25) is 5.91 Å². The molecule has 1 amide bonds. The van der Waals surface area contributed by atoms with E-state index in [0.717, 1.165) is 20.2 Å². The Labute approximate surface area is 107 Å². The Morgan fingerprint density at radius 1 is 1.33 bits per heavy atom. The van der Waals surface area contributed by atoms with Gasteiger partial charge in [-0.15, -0.1) is 0 Å². The van der Waals surface area contributed by atoms with Crippen LogP contribution in [-0.4, -0.2) is 5.91 Å². The number of rotatable bonds is 2. The molecule has 1 N–H and O–H groups in total. The summed E-state index contributed by atoms with van der Waals surface area (Å²) in [6.45, 7) is 5.71. The molecule has 0 saturated carbocycles. The van der Waals surface area contributed by atoms with Gasteiger partial charge in [-0.3, -0.25) is 4.79 Å². The largest absolute Gasteiger partial charge is 0.325 e. The van der Waals surface area contributed by atoms with Crippen LogP contribution in [0.1, 0.15) is 19.4 Å². The maximum atomic E-state index is 11.6. The van der Waals surface area contributed by atoms with Gasteiger partial charge in [0.1, 0.15) is 0 Å². The van der Waals surface area contributed by atoms with Crippen LogP contribution >= 0.6 is 31.9 Å². The van der Waals surface area contributed by atoms with Crippen molar-refractivity contribution in [1.82, 2.24) is 0 Å². The average Bonchev–Trinajstić information content (AvgIpc) is 2.10. The smallest absolute Gasteiger partial charge is 0.226 e. The molecule has 1 aromatic rings. The molecule has 15 heavy (non-hydrogen) atoms. The number of hydrogen-bond acceptors (Lipinski definition) is 1. The third-order valence-corrected chi connectivity index (χ3v) is 3.11. The van der Waals surface area contributed by atoms with Gasteiger partial charge in [0.05, 0.1) is 5.69 Å². The summed E-state index contributed by atoms with van der Waals surface area (Å²) in [4.78, 5) is 11.6. The standard InChI is InChI=1S/C11H13Br2NO/c1-6(2)11(15)14-10-7(3)4-8(12)5-9(10)13/h4-6H,1-3H3,(H,14,15). The number of carbonyl (C=O) groups is 1. The van der Waals surface area contributed by atoms with E-state index in [1.54, 1.807) is 0 Å². The number of nitrogens with one attached hydrogen (secondary N) is 1. The predicted octanol–water partition coefficient (Wildman–Crippen LogP) is 4.11. The number of carbonyl (C=O) groups excluding carboxylic acids is 1. The molecular weight excluding hydrogens is 322 g/mol. The van der Waals surface area contributed by atoms with Crippen molar-refractivity contribution in [2.75, 3.05) is 5.32 Å². The molecule has 1 aromatic carbocycles. The number of hydrogen-bond donors (Lipinski definition) is 1. The number of amides is 1. The fourth-order valence-electron chi connectivity index (χ4n) is 1.13. The SMILES string of the molecule is Cc1cc(Br)cc(Br)c1NC(=O)C(C)C. The molecule has 4 heteroatoms. The van der Waals surface area contributed by atoms with Gasteiger partial charge < -0.3 is 5.32 Å². The third kappa shape index (κ3) is 3.31. The lowest BCUT2D eigenvalue weighted by atomic mass is 10.1. The molecule has 0 aliphatic heterocycles. The highest BCUT2D eigenvalue weighted by Gasteiger charge is 2.11. The van der Waals surface area contributed by atoms with Crippen LogP contribution in [0.15, 0.2) is 21.1 Å². The van der Waals surface area contributed by atoms with Gasteiger partial charge in [0, 0.05) is 14.9 Å². The summed E-state index contributed by atoms with van der Waals surface area (Å²) in [5.41, 5.74) is 1.88. The average molecular weight is 335 g/mol. The maximum Gasteiger partial charge on any atom is 0.226 e. The summed E-state index contributed by atoms with van der Waals surface area (Å²) >= 11 is 6.83. The van der Waals surface area contributed by atoms with Crippen LogP contribution in [0.4, 0.5) is 5.69 Å². The van der Waals surface area contributed by atoms with Gasteiger partial charge in [-0.25, -0.2) is 0 Å². The Morgan fingerprint density at radius 2 is 1.93 bits per heavy atom. The third-order valence-electron chi connectivity index (χ3n) is 2.02. The van der Waals surface area contributed by atoms with E-state index in [4.69, 9.17) is 0 Å². The van der Waals surface area contributed by atoms with Crippen molar-refractivity contribution in [3.8, 4) is 0 Å². The zero-order valence-corrected chi connectivity index (χ0v) is 12.1. The lowest BCUT2D eigenvalue weighted by Crippen LogP contribution is -2.18. The van der Waals surface area contributed by atoms with E-state index < -0.39 is 0 Å². The first-order valence-electron chi connectivity index (χ1n) is 4.68. The maximum absolute atomic E-state index is 11.6. The van der Waals surface area contributed by atoms with Crippen molar-refractivity contribution < 1.29 is 4.79 Å². The second-order valence-corrected chi connectivity index (χ2v) is 5.49. The highest BCUT2D eigenvalue weighted by Crippen LogP contribution is 2.30. The minimum atomic E-state index is -0.0139. The van der Waals surface area contributed by atoms with Crippen LogP contribution in [0.2, 0.25) is 0 Å². The highest BCUT2D eigenvalue weighted by atomic mass is 79.9. The van der Waals surface area contributed by atoms with E-state index in [1.165, 1.54) is 0 Å². The first-order valence-corrected chi connectivity index (χ1v) is 6.27. The first-order chi connectivity index (χ1) is 6.91. The van der Waals surface area contributed by atoms with E-state index in [0.29, 0.717) is 0 Å². The molecule has 0 saturated heterocycles. The van der Waals surface area contributed by atoms with Gasteiger partial charge in [0.15, 0.2) is 0 Å². The molecule has 0 radical (unpaired) electrons. The molecular formula is C11H13Br2NO. The topological polar surface area (TPSA) is 29.1 Å². The van der Waals surface area contributed by atoms with E-state index >= 15 is 0 Å². The minimum Gasteiger partial charge on any atom is -0.325 e. The Kier molecular flexibility index (Phi) is 4.34. The van der Waals surface area contributed by atoms with Crippen molar-refractivity contribution in [3.63, 3.8) is 0 Å². The van der Waals surface area contributed by atoms with Gasteiger partial charge in [-0.1, -0.05) is 29.8 Å². The van der Waals surface area contributed by atoms with E-state index in [9.17, 15) is 4.79 Å². The van der Waals surface area contributed by atoms with Gasteiger partial charge in [-0.05, 0) is 40.5 Å². The molecule has 0 unspecified atom stereocenters.